The summed E-state index contributed by atoms with van der Waals surface area (Å²) in [5.74, 6) is 5.45. The fourth-order valence-corrected chi connectivity index (χ4v) is 2.08. The third-order valence-electron chi connectivity index (χ3n) is 3.26. The second-order valence-electron chi connectivity index (χ2n) is 4.86. The highest BCUT2D eigenvalue weighted by molar-refractivity contribution is 5.94. The van der Waals surface area contributed by atoms with Crippen LogP contribution in [0.3, 0.4) is 0 Å². The normalized spacial score (nSPS) is 11.4. The van der Waals surface area contributed by atoms with E-state index in [0.29, 0.717) is 5.56 Å². The van der Waals surface area contributed by atoms with Crippen LogP contribution in [0.25, 0.3) is 0 Å². The van der Waals surface area contributed by atoms with Crippen LogP contribution in [0.1, 0.15) is 54.6 Å². The van der Waals surface area contributed by atoms with Crippen molar-refractivity contribution >= 4 is 5.91 Å². The van der Waals surface area contributed by atoms with Crippen molar-refractivity contribution in [2.45, 2.75) is 46.1 Å². The maximum atomic E-state index is 12.2. The molecule has 0 fully saturated rings. The summed E-state index contributed by atoms with van der Waals surface area (Å²) in [6.45, 7) is 5.96. The predicted octanol–water partition coefficient (Wildman–Crippen LogP) is 2.65. The van der Waals surface area contributed by atoms with Gasteiger partial charge in [-0.1, -0.05) is 32.1 Å². The standard InChI is InChI=1S/C17H23NO2/c1-4-7-16(5-2)18-17(20)15-10-9-14(8-6-11-19)13(3)12-15/h9-10,12,16,19H,4-5,7,11H2,1-3H3,(H,18,20). The van der Waals surface area contributed by atoms with E-state index in [1.54, 1.807) is 6.07 Å². The lowest BCUT2D eigenvalue weighted by Gasteiger charge is -2.16. The van der Waals surface area contributed by atoms with E-state index in [1.165, 1.54) is 0 Å². The number of nitrogens with one attached hydrogen (secondary N) is 1. The third kappa shape index (κ3) is 4.71. The molecule has 0 bridgehead atoms. The minimum atomic E-state index is -0.156. The summed E-state index contributed by atoms with van der Waals surface area (Å²) in [6.07, 6.45) is 3.01. The number of rotatable bonds is 5. The summed E-state index contributed by atoms with van der Waals surface area (Å²) >= 11 is 0. The van der Waals surface area contributed by atoms with Crippen molar-refractivity contribution in [3.8, 4) is 11.8 Å². The molecule has 20 heavy (non-hydrogen) atoms. The molecule has 0 saturated heterocycles. The van der Waals surface area contributed by atoms with Gasteiger partial charge in [0.25, 0.3) is 5.91 Å². The molecule has 0 saturated carbocycles. The van der Waals surface area contributed by atoms with Crippen molar-refractivity contribution < 1.29 is 9.90 Å². The average Bonchev–Trinajstić information content (AvgIpc) is 2.45. The SMILES string of the molecule is CCCC(CC)NC(=O)c1ccc(C#CCO)c(C)c1. The number of carbonyl (C=O) groups excluding carboxylic acids is 1. The first-order valence-electron chi connectivity index (χ1n) is 7.13. The van der Waals surface area contributed by atoms with Crippen LogP contribution >= 0.6 is 0 Å². The van der Waals surface area contributed by atoms with Gasteiger partial charge in [-0.15, -0.1) is 0 Å². The van der Waals surface area contributed by atoms with Gasteiger partial charge in [-0.05, 0) is 43.5 Å². The van der Waals surface area contributed by atoms with Gasteiger partial charge in [0.2, 0.25) is 0 Å². The molecule has 0 aliphatic rings. The van der Waals surface area contributed by atoms with Crippen LogP contribution in [0.15, 0.2) is 18.2 Å². The molecule has 1 rings (SSSR count). The number of aryl methyl sites for hydroxylation is 1. The van der Waals surface area contributed by atoms with Crippen molar-refractivity contribution in [2.24, 2.45) is 0 Å². The average molecular weight is 273 g/mol. The van der Waals surface area contributed by atoms with E-state index >= 15 is 0 Å². The van der Waals surface area contributed by atoms with Gasteiger partial charge in [0.15, 0.2) is 0 Å². The first kappa shape index (κ1) is 16.3. The van der Waals surface area contributed by atoms with Crippen LogP contribution in [-0.4, -0.2) is 23.7 Å². The van der Waals surface area contributed by atoms with Gasteiger partial charge in [0.05, 0.1) is 0 Å². The number of carbonyl (C=O) groups is 1. The van der Waals surface area contributed by atoms with Crippen LogP contribution in [0.4, 0.5) is 0 Å². The molecule has 0 radical (unpaired) electrons. The smallest absolute Gasteiger partial charge is 0.251 e. The molecule has 1 aromatic rings. The highest BCUT2D eigenvalue weighted by atomic mass is 16.2. The fourth-order valence-electron chi connectivity index (χ4n) is 2.08. The van der Waals surface area contributed by atoms with E-state index < -0.39 is 0 Å². The Kier molecular flexibility index (Phi) is 6.83. The number of hydrogen-bond donors (Lipinski definition) is 2. The van der Waals surface area contributed by atoms with Gasteiger partial charge in [-0.2, -0.15) is 0 Å². The van der Waals surface area contributed by atoms with Gasteiger partial charge in [-0.3, -0.25) is 4.79 Å². The van der Waals surface area contributed by atoms with E-state index in [4.69, 9.17) is 5.11 Å². The maximum absolute atomic E-state index is 12.2. The van der Waals surface area contributed by atoms with Crippen molar-refractivity contribution in [2.75, 3.05) is 6.61 Å². The highest BCUT2D eigenvalue weighted by Gasteiger charge is 2.12. The Balaban J connectivity index is 2.81. The Bertz CT molecular complexity index is 511. The van der Waals surface area contributed by atoms with Gasteiger partial charge >= 0.3 is 0 Å². The molecule has 0 aromatic heterocycles. The zero-order valence-corrected chi connectivity index (χ0v) is 12.5. The predicted molar refractivity (Wildman–Crippen MR) is 81.6 cm³/mol. The molecule has 0 spiro atoms. The number of amides is 1. The Morgan fingerprint density at radius 1 is 1.40 bits per heavy atom. The van der Waals surface area contributed by atoms with E-state index in [2.05, 4.69) is 31.0 Å². The maximum Gasteiger partial charge on any atom is 0.251 e. The Morgan fingerprint density at radius 3 is 2.70 bits per heavy atom. The minimum absolute atomic E-state index is 0.0323. The van der Waals surface area contributed by atoms with E-state index in [0.717, 1.165) is 30.4 Å². The van der Waals surface area contributed by atoms with Crippen molar-refractivity contribution in [3.05, 3.63) is 34.9 Å². The van der Waals surface area contributed by atoms with Gasteiger partial charge in [-0.25, -0.2) is 0 Å². The second-order valence-corrected chi connectivity index (χ2v) is 4.86. The largest absolute Gasteiger partial charge is 0.384 e. The fraction of sp³-hybridized carbons (Fsp3) is 0.471. The first-order chi connectivity index (χ1) is 9.62. The number of benzene rings is 1. The van der Waals surface area contributed by atoms with Crippen LogP contribution in [0.5, 0.6) is 0 Å². The molecule has 3 heteroatoms. The molecule has 1 amide bonds. The summed E-state index contributed by atoms with van der Waals surface area (Å²) in [6, 6.07) is 5.69. The molecule has 0 aliphatic heterocycles. The number of aliphatic hydroxyl groups excluding tert-OH is 1. The lowest BCUT2D eigenvalue weighted by atomic mass is 10.0. The zero-order chi connectivity index (χ0) is 15.0. The lowest BCUT2D eigenvalue weighted by Crippen LogP contribution is -2.34. The summed E-state index contributed by atoms with van der Waals surface area (Å²) < 4.78 is 0. The molecule has 3 nitrogen and oxygen atoms in total. The molecular formula is C17H23NO2. The summed E-state index contributed by atoms with van der Waals surface area (Å²) in [5, 5.41) is 11.8. The summed E-state index contributed by atoms with van der Waals surface area (Å²) in [7, 11) is 0. The molecule has 108 valence electrons. The zero-order valence-electron chi connectivity index (χ0n) is 12.5. The van der Waals surface area contributed by atoms with Gasteiger partial charge in [0, 0.05) is 17.2 Å². The van der Waals surface area contributed by atoms with E-state index in [1.807, 2.05) is 19.1 Å². The summed E-state index contributed by atoms with van der Waals surface area (Å²) in [4.78, 5) is 12.2. The van der Waals surface area contributed by atoms with Crippen molar-refractivity contribution in [1.29, 1.82) is 0 Å². The summed E-state index contributed by atoms with van der Waals surface area (Å²) in [5.41, 5.74) is 2.45. The van der Waals surface area contributed by atoms with Crippen LogP contribution in [0, 0.1) is 18.8 Å². The molecule has 1 aromatic carbocycles. The molecule has 0 heterocycles. The number of hydrogen-bond acceptors (Lipinski definition) is 2. The lowest BCUT2D eigenvalue weighted by molar-refractivity contribution is 0.0933. The van der Waals surface area contributed by atoms with Gasteiger partial charge in [0.1, 0.15) is 6.61 Å². The topological polar surface area (TPSA) is 49.3 Å². The van der Waals surface area contributed by atoms with Crippen molar-refractivity contribution in [1.82, 2.24) is 5.32 Å². The highest BCUT2D eigenvalue weighted by Crippen LogP contribution is 2.11. The molecular weight excluding hydrogens is 250 g/mol. The van der Waals surface area contributed by atoms with Crippen LogP contribution < -0.4 is 5.32 Å². The quantitative estimate of drug-likeness (QED) is 0.810. The van der Waals surface area contributed by atoms with Crippen LogP contribution in [-0.2, 0) is 0 Å². The Labute approximate surface area is 121 Å². The van der Waals surface area contributed by atoms with Gasteiger partial charge < -0.3 is 10.4 Å². The third-order valence-corrected chi connectivity index (χ3v) is 3.26. The molecule has 0 aliphatic carbocycles. The monoisotopic (exact) mass is 273 g/mol. The number of aliphatic hydroxyl groups is 1. The van der Waals surface area contributed by atoms with E-state index in [9.17, 15) is 4.79 Å². The first-order valence-corrected chi connectivity index (χ1v) is 7.13. The Morgan fingerprint density at radius 2 is 2.15 bits per heavy atom. The minimum Gasteiger partial charge on any atom is -0.384 e. The van der Waals surface area contributed by atoms with E-state index in [-0.39, 0.29) is 18.6 Å². The van der Waals surface area contributed by atoms with Crippen molar-refractivity contribution in [3.63, 3.8) is 0 Å². The molecule has 2 N–H and O–H groups in total. The molecule has 1 atom stereocenters. The van der Waals surface area contributed by atoms with Crippen LogP contribution in [0.2, 0.25) is 0 Å². The Hall–Kier alpha value is -1.79. The molecule has 1 unspecified atom stereocenters. The second kappa shape index (κ2) is 8.39.